The van der Waals surface area contributed by atoms with Crippen molar-refractivity contribution in [3.8, 4) is 0 Å². The Labute approximate surface area is 174 Å². The van der Waals surface area contributed by atoms with Gasteiger partial charge in [0.2, 0.25) is 0 Å². The van der Waals surface area contributed by atoms with Crippen LogP contribution in [0.15, 0.2) is 0 Å². The van der Waals surface area contributed by atoms with E-state index >= 15 is 0 Å². The molecule has 2 rings (SSSR count). The fourth-order valence-corrected chi connectivity index (χ4v) is 4.21. The lowest BCUT2D eigenvalue weighted by Crippen LogP contribution is -2.26. The summed E-state index contributed by atoms with van der Waals surface area (Å²) in [4.78, 5) is 5.09. The normalized spacial score (nSPS) is 19.6. The van der Waals surface area contributed by atoms with E-state index in [1.54, 1.807) is 0 Å². The zero-order chi connectivity index (χ0) is 19.7. The molecule has 166 valence electrons. The highest BCUT2D eigenvalue weighted by atomic mass is 16.5. The van der Waals surface area contributed by atoms with Gasteiger partial charge in [-0.3, -0.25) is 0 Å². The van der Waals surface area contributed by atoms with Gasteiger partial charge in [0.15, 0.2) is 0 Å². The largest absolute Gasteiger partial charge is 0.381 e. The zero-order valence-electron chi connectivity index (χ0n) is 18.5. The fourth-order valence-electron chi connectivity index (χ4n) is 4.21. The molecule has 0 aromatic heterocycles. The number of unbranched alkanes of at least 4 members (excludes halogenated alkanes) is 2. The molecule has 1 unspecified atom stereocenters. The van der Waals surface area contributed by atoms with Crippen molar-refractivity contribution in [3.05, 3.63) is 0 Å². The van der Waals surface area contributed by atoms with Gasteiger partial charge in [0.25, 0.3) is 0 Å². The molecule has 1 atom stereocenters. The Kier molecular flexibility index (Phi) is 14.3. The quantitative estimate of drug-likeness (QED) is 0.327. The summed E-state index contributed by atoms with van der Waals surface area (Å²) in [6.45, 7) is 13.6. The van der Waals surface area contributed by atoms with Gasteiger partial charge in [-0.05, 0) is 84.1 Å². The molecule has 0 spiro atoms. The third-order valence-electron chi connectivity index (χ3n) is 6.01. The summed E-state index contributed by atoms with van der Waals surface area (Å²) < 4.78 is 17.8. The van der Waals surface area contributed by atoms with E-state index in [2.05, 4.69) is 16.7 Å². The fraction of sp³-hybridized carbons (Fsp3) is 1.00. The first-order valence-electron chi connectivity index (χ1n) is 12.1. The van der Waals surface area contributed by atoms with E-state index in [0.717, 1.165) is 39.2 Å². The molecule has 2 heterocycles. The number of ether oxygens (including phenoxy) is 3. The maximum atomic E-state index is 6.17. The van der Waals surface area contributed by atoms with E-state index in [0.29, 0.717) is 19.3 Å². The van der Waals surface area contributed by atoms with Crippen molar-refractivity contribution in [3.63, 3.8) is 0 Å². The lowest BCUT2D eigenvalue weighted by molar-refractivity contribution is -0.0183. The molecule has 0 aromatic rings. The van der Waals surface area contributed by atoms with Gasteiger partial charge in [-0.2, -0.15) is 0 Å². The van der Waals surface area contributed by atoms with E-state index in [1.165, 1.54) is 84.1 Å². The number of rotatable bonds is 18. The molecule has 0 amide bonds. The average molecular weight is 399 g/mol. The molecule has 0 radical (unpaired) electrons. The average Bonchev–Trinajstić information content (AvgIpc) is 3.40. The molecule has 5 nitrogen and oxygen atoms in total. The second-order valence-corrected chi connectivity index (χ2v) is 8.45. The van der Waals surface area contributed by atoms with Gasteiger partial charge in [-0.25, -0.2) is 0 Å². The first kappa shape index (κ1) is 24.1. The predicted octanol–water partition coefficient (Wildman–Crippen LogP) is 3.96. The second kappa shape index (κ2) is 16.6. The van der Waals surface area contributed by atoms with Gasteiger partial charge in [-0.1, -0.05) is 19.8 Å². The maximum Gasteiger partial charge on any atom is 0.0704 e. The minimum atomic E-state index is 0.316. The van der Waals surface area contributed by atoms with Crippen LogP contribution in [-0.2, 0) is 14.2 Å². The highest BCUT2D eigenvalue weighted by Crippen LogP contribution is 2.13. The summed E-state index contributed by atoms with van der Waals surface area (Å²) in [6.07, 6.45) is 12.9. The van der Waals surface area contributed by atoms with Crippen LogP contribution in [0, 0.1) is 0 Å². The van der Waals surface area contributed by atoms with E-state index in [-0.39, 0.29) is 0 Å². The Morgan fingerprint density at radius 3 is 2.04 bits per heavy atom. The van der Waals surface area contributed by atoms with E-state index in [9.17, 15) is 0 Å². The van der Waals surface area contributed by atoms with E-state index in [1.807, 2.05) is 0 Å². The Hall–Kier alpha value is -0.200. The van der Waals surface area contributed by atoms with Crippen LogP contribution in [-0.4, -0.2) is 88.2 Å². The van der Waals surface area contributed by atoms with Crippen LogP contribution in [0.2, 0.25) is 0 Å². The summed E-state index contributed by atoms with van der Waals surface area (Å²) in [7, 11) is 0. The minimum absolute atomic E-state index is 0.316. The first-order chi connectivity index (χ1) is 13.9. The second-order valence-electron chi connectivity index (χ2n) is 8.45. The lowest BCUT2D eigenvalue weighted by Gasteiger charge is -2.20. The van der Waals surface area contributed by atoms with Crippen molar-refractivity contribution in [1.29, 1.82) is 0 Å². The number of hydrogen-bond acceptors (Lipinski definition) is 5. The van der Waals surface area contributed by atoms with Crippen LogP contribution >= 0.6 is 0 Å². The molecule has 0 aromatic carbocycles. The van der Waals surface area contributed by atoms with Gasteiger partial charge >= 0.3 is 0 Å². The monoisotopic (exact) mass is 398 g/mol. The predicted molar refractivity (Wildman–Crippen MR) is 116 cm³/mol. The van der Waals surface area contributed by atoms with Gasteiger partial charge < -0.3 is 24.0 Å². The van der Waals surface area contributed by atoms with Crippen LogP contribution in [0.4, 0.5) is 0 Å². The molecule has 2 saturated heterocycles. The molecule has 0 saturated carbocycles. The van der Waals surface area contributed by atoms with Gasteiger partial charge in [0.1, 0.15) is 0 Å². The molecule has 0 aliphatic carbocycles. The SMILES string of the molecule is CCCCCOCCC(CCCN1CCCC1)OCCOCCN1CCCC1. The molecule has 28 heavy (non-hydrogen) atoms. The Morgan fingerprint density at radius 1 is 0.643 bits per heavy atom. The molecule has 0 N–H and O–H groups in total. The van der Waals surface area contributed by atoms with Crippen LogP contribution in [0.3, 0.4) is 0 Å². The van der Waals surface area contributed by atoms with Crippen molar-refractivity contribution >= 4 is 0 Å². The first-order valence-corrected chi connectivity index (χ1v) is 12.1. The Balaban J connectivity index is 1.51. The van der Waals surface area contributed by atoms with Crippen LogP contribution in [0.1, 0.15) is 71.1 Å². The lowest BCUT2D eigenvalue weighted by atomic mass is 10.1. The maximum absolute atomic E-state index is 6.17. The van der Waals surface area contributed by atoms with Crippen LogP contribution in [0.25, 0.3) is 0 Å². The molecule has 2 aliphatic heterocycles. The topological polar surface area (TPSA) is 34.2 Å². The van der Waals surface area contributed by atoms with Crippen LogP contribution in [0.5, 0.6) is 0 Å². The van der Waals surface area contributed by atoms with Crippen molar-refractivity contribution in [2.75, 3.05) is 72.3 Å². The molecule has 2 aliphatic rings. The molecule has 0 bridgehead atoms. The number of likely N-dealkylation sites (tertiary alicyclic amines) is 2. The van der Waals surface area contributed by atoms with Crippen LogP contribution < -0.4 is 0 Å². The summed E-state index contributed by atoms with van der Waals surface area (Å²) in [5, 5.41) is 0. The number of hydrogen-bond donors (Lipinski definition) is 0. The van der Waals surface area contributed by atoms with E-state index < -0.39 is 0 Å². The van der Waals surface area contributed by atoms with Gasteiger partial charge in [0, 0.05) is 19.8 Å². The van der Waals surface area contributed by atoms with Gasteiger partial charge in [-0.15, -0.1) is 0 Å². The summed E-state index contributed by atoms with van der Waals surface area (Å²) in [6, 6.07) is 0. The van der Waals surface area contributed by atoms with Crippen molar-refractivity contribution in [2.45, 2.75) is 77.2 Å². The summed E-state index contributed by atoms with van der Waals surface area (Å²) in [5.74, 6) is 0. The van der Waals surface area contributed by atoms with Crippen molar-refractivity contribution in [1.82, 2.24) is 9.80 Å². The third kappa shape index (κ3) is 11.7. The Morgan fingerprint density at radius 2 is 1.32 bits per heavy atom. The smallest absolute Gasteiger partial charge is 0.0704 e. The van der Waals surface area contributed by atoms with Crippen molar-refractivity contribution < 1.29 is 14.2 Å². The minimum Gasteiger partial charge on any atom is -0.381 e. The zero-order valence-corrected chi connectivity index (χ0v) is 18.5. The van der Waals surface area contributed by atoms with Crippen molar-refractivity contribution in [2.24, 2.45) is 0 Å². The third-order valence-corrected chi connectivity index (χ3v) is 6.01. The standard InChI is InChI=1S/C23H46N2O3/c1-2-3-8-18-26-19-11-23(10-9-16-24-12-4-5-13-24)28-22-21-27-20-17-25-14-6-7-15-25/h23H,2-22H2,1H3. The van der Waals surface area contributed by atoms with E-state index in [4.69, 9.17) is 14.2 Å². The molecule has 2 fully saturated rings. The highest BCUT2D eigenvalue weighted by molar-refractivity contribution is 4.68. The molecular weight excluding hydrogens is 352 g/mol. The van der Waals surface area contributed by atoms with Gasteiger partial charge in [0.05, 0.1) is 25.9 Å². The number of nitrogens with zero attached hydrogens (tertiary/aromatic N) is 2. The highest BCUT2D eigenvalue weighted by Gasteiger charge is 2.14. The summed E-state index contributed by atoms with van der Waals surface area (Å²) in [5.41, 5.74) is 0. The molecular formula is C23H46N2O3. The summed E-state index contributed by atoms with van der Waals surface area (Å²) >= 11 is 0. The Bertz CT molecular complexity index is 345. The molecule has 5 heteroatoms.